The minimum Gasteiger partial charge on any atom is -0.491 e. The molecule has 5 N–H and O–H groups in total. The number of aromatic nitrogens is 1. The number of pyridine rings is 1. The van der Waals surface area contributed by atoms with Crippen molar-refractivity contribution in [3.8, 4) is 5.75 Å². The van der Waals surface area contributed by atoms with Gasteiger partial charge in [-0.05, 0) is 55.0 Å². The normalized spacial score (nSPS) is 22.0. The van der Waals surface area contributed by atoms with Crippen LogP contribution in [0.1, 0.15) is 42.5 Å². The van der Waals surface area contributed by atoms with Crippen molar-refractivity contribution in [2.75, 3.05) is 33.4 Å². The molecule has 1 saturated heterocycles. The van der Waals surface area contributed by atoms with Gasteiger partial charge in [-0.2, -0.15) is 0 Å². The molecule has 12 heteroatoms. The Morgan fingerprint density at radius 3 is 2.37 bits per heavy atom. The zero-order valence-electron chi connectivity index (χ0n) is 23.2. The van der Waals surface area contributed by atoms with Gasteiger partial charge in [0.05, 0.1) is 25.1 Å². The van der Waals surface area contributed by atoms with Crippen LogP contribution in [0.4, 0.5) is 0 Å². The molecule has 0 amide bonds. The van der Waals surface area contributed by atoms with Crippen molar-refractivity contribution >= 4 is 17.9 Å². The highest BCUT2D eigenvalue weighted by Gasteiger charge is 2.53. The van der Waals surface area contributed by atoms with E-state index in [4.69, 9.17) is 29.9 Å². The SMILES string of the molecule is COCCOc1cccc(CN2C[C@H]3CC[C@](O)(c4ccc(C)cn4)[C@H]3C2)c1.O=C(O)CC(O)(CC(=O)O)C(=O)O. The monoisotopic (exact) mass is 574 g/mol. The lowest BCUT2D eigenvalue weighted by Crippen LogP contribution is -2.42. The maximum absolute atomic E-state index is 11.5. The van der Waals surface area contributed by atoms with Crippen molar-refractivity contribution in [2.24, 2.45) is 11.8 Å². The topological polar surface area (TPSA) is 187 Å². The number of hydrogen-bond donors (Lipinski definition) is 5. The molecule has 0 radical (unpaired) electrons. The first-order valence-corrected chi connectivity index (χ1v) is 13.3. The number of carbonyl (C=O) groups is 3. The highest BCUT2D eigenvalue weighted by Crippen LogP contribution is 2.50. The van der Waals surface area contributed by atoms with Gasteiger partial charge in [0, 0.05) is 38.9 Å². The molecule has 1 aliphatic carbocycles. The number of ether oxygens (including phenoxy) is 2. The highest BCUT2D eigenvalue weighted by atomic mass is 16.5. The number of hydrogen-bond acceptors (Lipinski definition) is 9. The van der Waals surface area contributed by atoms with Gasteiger partial charge >= 0.3 is 17.9 Å². The van der Waals surface area contributed by atoms with E-state index < -0.39 is 42.0 Å². The number of fused-ring (bicyclic) bond motifs is 1. The average molecular weight is 575 g/mol. The fraction of sp³-hybridized carbons (Fsp3) is 0.517. The second kappa shape index (κ2) is 13.9. The van der Waals surface area contributed by atoms with Crippen LogP contribution in [0.5, 0.6) is 5.75 Å². The van der Waals surface area contributed by atoms with Crippen molar-refractivity contribution in [3.05, 3.63) is 59.4 Å². The summed E-state index contributed by atoms with van der Waals surface area (Å²) in [5.41, 5.74) is -0.328. The lowest BCUT2D eigenvalue weighted by molar-refractivity contribution is -0.170. The van der Waals surface area contributed by atoms with Gasteiger partial charge in [0.15, 0.2) is 5.60 Å². The van der Waals surface area contributed by atoms with Crippen LogP contribution in [0.15, 0.2) is 42.6 Å². The molecule has 12 nitrogen and oxygen atoms in total. The average Bonchev–Trinajstić information content (AvgIpc) is 3.44. The largest absolute Gasteiger partial charge is 0.491 e. The summed E-state index contributed by atoms with van der Waals surface area (Å²) in [4.78, 5) is 37.5. The standard InChI is InChI=1S/C23H30N2O3.C6H8O7/c1-17-6-7-22(24-13-17)23(26)9-8-19-15-25(16-21(19)23)14-18-4-3-5-20(12-18)28-11-10-27-2;7-3(8)1-6(13,5(11)12)2-4(9)10/h3-7,12-13,19,21,26H,8-11,14-16H2,1-2H3;13H,1-2H2,(H,7,8)(H,9,10)(H,11,12)/t19-,21+,23-;/m1./s1. The summed E-state index contributed by atoms with van der Waals surface area (Å²) >= 11 is 0. The molecule has 1 aromatic heterocycles. The van der Waals surface area contributed by atoms with Crippen LogP contribution in [-0.4, -0.2) is 92.3 Å². The first kappa shape index (κ1) is 31.9. The smallest absolute Gasteiger partial charge is 0.336 e. The number of aliphatic carboxylic acids is 3. The third kappa shape index (κ3) is 8.46. The number of likely N-dealkylation sites (tertiary alicyclic amines) is 1. The quantitative estimate of drug-likeness (QED) is 0.232. The van der Waals surface area contributed by atoms with Gasteiger partial charge in [-0.3, -0.25) is 19.5 Å². The summed E-state index contributed by atoms with van der Waals surface area (Å²) in [5, 5.41) is 45.3. The number of methoxy groups -OCH3 is 1. The van der Waals surface area contributed by atoms with Crippen LogP contribution in [0.2, 0.25) is 0 Å². The first-order valence-electron chi connectivity index (χ1n) is 13.3. The summed E-state index contributed by atoms with van der Waals surface area (Å²) < 4.78 is 10.8. The summed E-state index contributed by atoms with van der Waals surface area (Å²) in [6.45, 7) is 6.00. The van der Waals surface area contributed by atoms with Crippen LogP contribution in [0, 0.1) is 18.8 Å². The summed E-state index contributed by atoms with van der Waals surface area (Å²) in [5.74, 6) is -3.35. The maximum atomic E-state index is 11.5. The molecule has 0 spiro atoms. The predicted molar refractivity (Wildman–Crippen MR) is 145 cm³/mol. The van der Waals surface area contributed by atoms with E-state index in [1.807, 2.05) is 31.3 Å². The fourth-order valence-corrected chi connectivity index (χ4v) is 5.50. The molecule has 2 heterocycles. The van der Waals surface area contributed by atoms with Crippen molar-refractivity contribution in [2.45, 2.75) is 50.4 Å². The maximum Gasteiger partial charge on any atom is 0.336 e. The molecule has 2 aliphatic rings. The summed E-state index contributed by atoms with van der Waals surface area (Å²) in [6, 6.07) is 12.3. The van der Waals surface area contributed by atoms with Crippen molar-refractivity contribution < 1.29 is 49.4 Å². The van der Waals surface area contributed by atoms with Crippen LogP contribution >= 0.6 is 0 Å². The van der Waals surface area contributed by atoms with Gasteiger partial charge in [-0.25, -0.2) is 4.79 Å². The zero-order chi connectivity index (χ0) is 30.2. The number of rotatable bonds is 12. The first-order chi connectivity index (χ1) is 19.4. The van der Waals surface area contributed by atoms with Gasteiger partial charge in [-0.15, -0.1) is 0 Å². The Hall–Kier alpha value is -3.58. The minimum atomic E-state index is -2.74. The number of aryl methyl sites for hydroxylation is 1. The number of carboxylic acid groups (broad SMARTS) is 3. The fourth-order valence-electron chi connectivity index (χ4n) is 5.50. The molecular formula is C29H38N2O10. The van der Waals surface area contributed by atoms with Gasteiger partial charge < -0.3 is 35.0 Å². The van der Waals surface area contributed by atoms with Crippen molar-refractivity contribution in [1.82, 2.24) is 9.88 Å². The molecule has 1 aromatic carbocycles. The van der Waals surface area contributed by atoms with Crippen molar-refractivity contribution in [3.63, 3.8) is 0 Å². The zero-order valence-corrected chi connectivity index (χ0v) is 23.2. The van der Waals surface area contributed by atoms with Gasteiger partial charge in [0.1, 0.15) is 18.0 Å². The Morgan fingerprint density at radius 1 is 1.07 bits per heavy atom. The van der Waals surface area contributed by atoms with E-state index in [-0.39, 0.29) is 5.92 Å². The van der Waals surface area contributed by atoms with Crippen molar-refractivity contribution in [1.29, 1.82) is 0 Å². The molecule has 2 aromatic rings. The molecule has 2 fully saturated rings. The third-order valence-corrected chi connectivity index (χ3v) is 7.53. The number of carboxylic acids is 3. The van der Waals surface area contributed by atoms with Crippen LogP contribution in [0.3, 0.4) is 0 Å². The molecular weight excluding hydrogens is 536 g/mol. The predicted octanol–water partition coefficient (Wildman–Crippen LogP) is 1.90. The molecule has 4 rings (SSSR count). The Bertz CT molecular complexity index is 1190. The molecule has 1 saturated carbocycles. The Kier molecular flexibility index (Phi) is 10.8. The van der Waals surface area contributed by atoms with Crippen LogP contribution < -0.4 is 4.74 Å². The van der Waals surface area contributed by atoms with E-state index >= 15 is 0 Å². The Morgan fingerprint density at radius 2 is 1.78 bits per heavy atom. The molecule has 41 heavy (non-hydrogen) atoms. The Labute approximate surface area is 238 Å². The van der Waals surface area contributed by atoms with E-state index in [1.54, 1.807) is 7.11 Å². The second-order valence-corrected chi connectivity index (χ2v) is 10.7. The summed E-state index contributed by atoms with van der Waals surface area (Å²) in [6.07, 6.45) is 1.45. The molecule has 3 atom stereocenters. The molecule has 0 unspecified atom stereocenters. The van der Waals surface area contributed by atoms with Gasteiger partial charge in [0.25, 0.3) is 0 Å². The lowest BCUT2D eigenvalue weighted by Gasteiger charge is -2.30. The molecule has 1 aliphatic heterocycles. The minimum absolute atomic E-state index is 0.254. The summed E-state index contributed by atoms with van der Waals surface area (Å²) in [7, 11) is 1.68. The second-order valence-electron chi connectivity index (χ2n) is 10.7. The van der Waals surface area contributed by atoms with E-state index in [0.29, 0.717) is 19.1 Å². The lowest BCUT2D eigenvalue weighted by atomic mass is 9.85. The number of benzene rings is 1. The van der Waals surface area contributed by atoms with E-state index in [1.165, 1.54) is 5.56 Å². The third-order valence-electron chi connectivity index (χ3n) is 7.53. The molecule has 224 valence electrons. The number of aliphatic hydroxyl groups is 2. The van der Waals surface area contributed by atoms with E-state index in [2.05, 4.69) is 28.1 Å². The Balaban J connectivity index is 0.000000302. The number of nitrogens with zero attached hydrogens (tertiary/aromatic N) is 2. The van der Waals surface area contributed by atoms with Crippen LogP contribution in [0.25, 0.3) is 0 Å². The van der Waals surface area contributed by atoms with Gasteiger partial charge in [0.2, 0.25) is 0 Å². The van der Waals surface area contributed by atoms with Gasteiger partial charge in [-0.1, -0.05) is 18.2 Å². The molecule has 0 bridgehead atoms. The van der Waals surface area contributed by atoms with Crippen LogP contribution in [-0.2, 0) is 31.3 Å². The van der Waals surface area contributed by atoms with E-state index in [0.717, 1.165) is 49.5 Å². The highest BCUT2D eigenvalue weighted by molar-refractivity contribution is 5.88. The van der Waals surface area contributed by atoms with E-state index in [9.17, 15) is 19.5 Å².